The Morgan fingerprint density at radius 3 is 2.41 bits per heavy atom. The van der Waals surface area contributed by atoms with E-state index in [2.05, 4.69) is 15.3 Å². The third-order valence-corrected chi connectivity index (χ3v) is 6.87. The molecular formula is C18H21F3N4O3S. The van der Waals surface area contributed by atoms with Crippen molar-refractivity contribution in [3.63, 3.8) is 0 Å². The molecule has 0 saturated heterocycles. The zero-order valence-corrected chi connectivity index (χ0v) is 16.5. The molecule has 1 aliphatic carbocycles. The lowest BCUT2D eigenvalue weighted by molar-refractivity contribution is -0.140. The number of anilines is 2. The number of halogens is 3. The van der Waals surface area contributed by atoms with Crippen molar-refractivity contribution in [3.05, 3.63) is 36.0 Å². The topological polar surface area (TPSA) is 108 Å². The Balaban J connectivity index is 1.83. The van der Waals surface area contributed by atoms with Gasteiger partial charge in [-0.3, -0.25) is 0 Å². The molecule has 0 unspecified atom stereocenters. The molecule has 0 amide bonds. The molecule has 1 aromatic heterocycles. The van der Waals surface area contributed by atoms with Crippen molar-refractivity contribution in [1.29, 1.82) is 4.78 Å². The summed E-state index contributed by atoms with van der Waals surface area (Å²) in [6, 6.07) is 6.22. The molecule has 1 aromatic carbocycles. The average Bonchev–Trinajstić information content (AvgIpc) is 3.47. The number of aliphatic hydroxyl groups is 1. The first-order valence-corrected chi connectivity index (χ1v) is 10.5. The van der Waals surface area contributed by atoms with Gasteiger partial charge in [0.25, 0.3) is 0 Å². The summed E-state index contributed by atoms with van der Waals surface area (Å²) in [5.41, 5.74) is -0.696. The predicted octanol–water partition coefficient (Wildman–Crippen LogP) is 3.96. The van der Waals surface area contributed by atoms with Crippen molar-refractivity contribution in [3.8, 4) is 5.88 Å². The molecule has 2 aromatic rings. The number of nitrogens with one attached hydrogen (secondary N) is 2. The van der Waals surface area contributed by atoms with E-state index >= 15 is 0 Å². The summed E-state index contributed by atoms with van der Waals surface area (Å²) in [4.78, 5) is 7.89. The normalized spacial score (nSPS) is 18.6. The second-order valence-electron chi connectivity index (χ2n) is 6.92. The fourth-order valence-electron chi connectivity index (χ4n) is 2.45. The lowest BCUT2D eigenvalue weighted by Gasteiger charge is -2.20. The van der Waals surface area contributed by atoms with Gasteiger partial charge in [0.2, 0.25) is 11.8 Å². The predicted molar refractivity (Wildman–Crippen MR) is 101 cm³/mol. The van der Waals surface area contributed by atoms with Gasteiger partial charge in [-0.2, -0.15) is 18.2 Å². The number of nitrogens with zero attached hydrogens (tertiary/aromatic N) is 2. The van der Waals surface area contributed by atoms with Crippen LogP contribution < -0.4 is 10.1 Å². The Kier molecular flexibility index (Phi) is 5.72. The van der Waals surface area contributed by atoms with E-state index < -0.39 is 39.6 Å². The summed E-state index contributed by atoms with van der Waals surface area (Å²) in [5.74, 6) is -0.824. The first kappa shape index (κ1) is 21.3. The van der Waals surface area contributed by atoms with E-state index in [0.717, 1.165) is 12.8 Å². The Bertz CT molecular complexity index is 975. The molecule has 7 nitrogen and oxygen atoms in total. The minimum Gasteiger partial charge on any atom is -0.471 e. The number of aliphatic hydroxyl groups excluding tert-OH is 1. The SMILES string of the molecule is C[C@@H](O)[C@@H](C)Oc1nc(Nc2ccc([S@](=N)(=O)C3CC3)cc2)ncc1C(F)(F)F. The molecule has 1 aliphatic rings. The number of alkyl halides is 3. The fourth-order valence-corrected chi connectivity index (χ4v) is 4.17. The monoisotopic (exact) mass is 430 g/mol. The van der Waals surface area contributed by atoms with Gasteiger partial charge in [0.05, 0.1) is 15.8 Å². The highest BCUT2D eigenvalue weighted by Crippen LogP contribution is 2.36. The van der Waals surface area contributed by atoms with Gasteiger partial charge >= 0.3 is 6.18 Å². The second-order valence-corrected chi connectivity index (χ2v) is 9.26. The Labute approximate surface area is 166 Å². The number of hydrogen-bond donors (Lipinski definition) is 3. The summed E-state index contributed by atoms with van der Waals surface area (Å²) in [5, 5.41) is 12.2. The highest BCUT2D eigenvalue weighted by Gasteiger charge is 2.37. The van der Waals surface area contributed by atoms with Gasteiger partial charge in [-0.1, -0.05) is 0 Å². The maximum atomic E-state index is 13.2. The first-order valence-electron chi connectivity index (χ1n) is 8.92. The van der Waals surface area contributed by atoms with E-state index in [1.54, 1.807) is 24.3 Å². The van der Waals surface area contributed by atoms with E-state index in [-0.39, 0.29) is 11.2 Å². The van der Waals surface area contributed by atoms with Crippen molar-refractivity contribution in [2.75, 3.05) is 5.32 Å². The van der Waals surface area contributed by atoms with Crippen molar-refractivity contribution in [1.82, 2.24) is 9.97 Å². The van der Waals surface area contributed by atoms with E-state index in [0.29, 0.717) is 16.8 Å². The largest absolute Gasteiger partial charge is 0.471 e. The molecule has 3 N–H and O–H groups in total. The number of ether oxygens (including phenoxy) is 1. The highest BCUT2D eigenvalue weighted by atomic mass is 32.2. The number of benzene rings is 1. The van der Waals surface area contributed by atoms with E-state index in [1.807, 2.05) is 0 Å². The highest BCUT2D eigenvalue weighted by molar-refractivity contribution is 7.93. The van der Waals surface area contributed by atoms with Crippen LogP contribution in [0.25, 0.3) is 0 Å². The molecule has 1 saturated carbocycles. The zero-order valence-electron chi connectivity index (χ0n) is 15.7. The third kappa shape index (κ3) is 4.96. The lowest BCUT2D eigenvalue weighted by Crippen LogP contribution is -2.27. The second kappa shape index (κ2) is 7.79. The molecule has 1 heterocycles. The quantitative estimate of drug-likeness (QED) is 0.614. The Hall–Kier alpha value is -2.40. The van der Waals surface area contributed by atoms with Crippen LogP contribution in [-0.4, -0.2) is 36.7 Å². The van der Waals surface area contributed by atoms with Gasteiger partial charge in [0.1, 0.15) is 11.7 Å². The van der Waals surface area contributed by atoms with Crippen molar-refractivity contribution in [2.45, 2.75) is 55.2 Å². The minimum atomic E-state index is -4.72. The summed E-state index contributed by atoms with van der Waals surface area (Å²) in [6.45, 7) is 2.82. The zero-order chi connectivity index (χ0) is 21.4. The fraction of sp³-hybridized carbons (Fsp3) is 0.444. The van der Waals surface area contributed by atoms with Crippen LogP contribution in [0, 0.1) is 4.78 Å². The standard InChI is InChI=1S/C18H21F3N4O3S/c1-10(26)11(2)28-16-15(18(19,20)21)9-23-17(25-16)24-12-3-5-13(6-4-12)29(22,27)14-7-8-14/h3-6,9-11,14,22,26H,7-8H2,1-2H3,(H,23,24,25)/t10-,11-,29+/m1/s1. The molecule has 0 radical (unpaired) electrons. The van der Waals surface area contributed by atoms with Crippen molar-refractivity contribution in [2.24, 2.45) is 0 Å². The summed E-state index contributed by atoms with van der Waals surface area (Å²) in [6.07, 6.45) is -4.47. The van der Waals surface area contributed by atoms with Crippen molar-refractivity contribution < 1.29 is 27.2 Å². The van der Waals surface area contributed by atoms with Gasteiger partial charge < -0.3 is 15.2 Å². The summed E-state index contributed by atoms with van der Waals surface area (Å²) in [7, 11) is -2.83. The van der Waals surface area contributed by atoms with Crippen LogP contribution >= 0.6 is 0 Å². The number of aromatic nitrogens is 2. The first-order chi connectivity index (χ1) is 13.5. The van der Waals surface area contributed by atoms with Gasteiger partial charge in [0.15, 0.2) is 0 Å². The molecule has 3 rings (SSSR count). The van der Waals surface area contributed by atoms with E-state index in [1.165, 1.54) is 13.8 Å². The minimum absolute atomic E-state index is 0.116. The Morgan fingerprint density at radius 2 is 1.90 bits per heavy atom. The molecule has 0 aliphatic heterocycles. The molecule has 1 fully saturated rings. The van der Waals surface area contributed by atoms with Crippen LogP contribution in [0.15, 0.2) is 35.4 Å². The van der Waals surface area contributed by atoms with Crippen LogP contribution in [0.3, 0.4) is 0 Å². The smallest absolute Gasteiger partial charge is 0.423 e. The molecule has 3 atom stereocenters. The number of hydrogen-bond acceptors (Lipinski definition) is 7. The van der Waals surface area contributed by atoms with Gasteiger partial charge in [-0.15, -0.1) is 0 Å². The molecule has 11 heteroatoms. The van der Waals surface area contributed by atoms with Gasteiger partial charge in [-0.05, 0) is 51.0 Å². The van der Waals surface area contributed by atoms with Crippen LogP contribution in [0.5, 0.6) is 5.88 Å². The maximum absolute atomic E-state index is 13.2. The van der Waals surface area contributed by atoms with Crippen LogP contribution in [0.1, 0.15) is 32.3 Å². The van der Waals surface area contributed by atoms with Gasteiger partial charge in [-0.25, -0.2) is 14.0 Å². The van der Waals surface area contributed by atoms with Crippen molar-refractivity contribution >= 4 is 21.4 Å². The van der Waals surface area contributed by atoms with Crippen LogP contribution in [-0.2, 0) is 15.9 Å². The molecule has 0 spiro atoms. The summed E-state index contributed by atoms with van der Waals surface area (Å²) >= 11 is 0. The molecular weight excluding hydrogens is 409 g/mol. The molecule has 29 heavy (non-hydrogen) atoms. The van der Waals surface area contributed by atoms with E-state index in [4.69, 9.17) is 9.52 Å². The van der Waals surface area contributed by atoms with Crippen LogP contribution in [0.4, 0.5) is 24.8 Å². The van der Waals surface area contributed by atoms with Crippen LogP contribution in [0.2, 0.25) is 0 Å². The molecule has 158 valence electrons. The Morgan fingerprint density at radius 1 is 1.28 bits per heavy atom. The van der Waals surface area contributed by atoms with Gasteiger partial charge in [0, 0.05) is 22.0 Å². The maximum Gasteiger partial charge on any atom is 0.423 e. The average molecular weight is 430 g/mol. The lowest BCUT2D eigenvalue weighted by atomic mass is 10.2. The summed E-state index contributed by atoms with van der Waals surface area (Å²) < 4.78 is 65.2. The number of rotatable bonds is 7. The van der Waals surface area contributed by atoms with E-state index in [9.17, 15) is 22.5 Å². The molecule has 0 bridgehead atoms. The third-order valence-electron chi connectivity index (χ3n) is 4.49.